The number of benzene rings is 1. The van der Waals surface area contributed by atoms with Crippen molar-refractivity contribution in [2.24, 2.45) is 5.92 Å². The fourth-order valence-electron chi connectivity index (χ4n) is 2.06. The van der Waals surface area contributed by atoms with Crippen LogP contribution in [-0.4, -0.2) is 32.1 Å². The van der Waals surface area contributed by atoms with E-state index < -0.39 is 48.4 Å². The van der Waals surface area contributed by atoms with E-state index >= 15 is 0 Å². The van der Waals surface area contributed by atoms with Gasteiger partial charge in [0.15, 0.2) is 0 Å². The van der Waals surface area contributed by atoms with Crippen LogP contribution in [0.25, 0.3) is 0 Å². The third-order valence-electron chi connectivity index (χ3n) is 3.39. The molecule has 0 saturated heterocycles. The standard InChI is InChI=1S/C15H17F6NO3S/c1-24-11-6-12(10(22)5-9(11)15(19,20)21)26-7-8(13(23)25-2)3-4-14(16,17)18/h5-6,8H,3-4,7,22H2,1-2H3. The molecule has 1 aromatic carbocycles. The molecule has 0 saturated carbocycles. The van der Waals surface area contributed by atoms with E-state index in [2.05, 4.69) is 4.74 Å². The number of alkyl halides is 6. The Morgan fingerprint density at radius 3 is 2.27 bits per heavy atom. The molecule has 0 bridgehead atoms. The van der Waals surface area contributed by atoms with Crippen LogP contribution in [0, 0.1) is 5.92 Å². The predicted octanol–water partition coefficient (Wildman–Crippen LogP) is 4.52. The Morgan fingerprint density at radius 2 is 1.81 bits per heavy atom. The zero-order valence-corrected chi connectivity index (χ0v) is 14.6. The molecule has 1 rings (SSSR count). The fraction of sp³-hybridized carbons (Fsp3) is 0.533. The molecule has 1 aromatic rings. The second-order valence-corrected chi connectivity index (χ2v) is 6.33. The maximum Gasteiger partial charge on any atom is 0.420 e. The molecule has 148 valence electrons. The first-order valence-corrected chi connectivity index (χ1v) is 8.19. The number of ether oxygens (including phenoxy) is 2. The van der Waals surface area contributed by atoms with Crippen LogP contribution in [0.15, 0.2) is 17.0 Å². The summed E-state index contributed by atoms with van der Waals surface area (Å²) >= 11 is 0.858. The summed E-state index contributed by atoms with van der Waals surface area (Å²) in [6.07, 6.45) is -10.8. The molecule has 0 aromatic heterocycles. The molecule has 4 nitrogen and oxygen atoms in total. The monoisotopic (exact) mass is 405 g/mol. The van der Waals surface area contributed by atoms with E-state index in [1.54, 1.807) is 0 Å². The van der Waals surface area contributed by atoms with E-state index in [-0.39, 0.29) is 16.3 Å². The molecule has 0 aliphatic carbocycles. The minimum absolute atomic E-state index is 0.137. The number of anilines is 1. The Balaban J connectivity index is 2.96. The van der Waals surface area contributed by atoms with Crippen molar-refractivity contribution in [3.05, 3.63) is 17.7 Å². The van der Waals surface area contributed by atoms with Crippen LogP contribution in [0.3, 0.4) is 0 Å². The number of esters is 1. The third-order valence-corrected chi connectivity index (χ3v) is 4.62. The van der Waals surface area contributed by atoms with Crippen LogP contribution in [0.5, 0.6) is 5.75 Å². The first-order valence-electron chi connectivity index (χ1n) is 7.21. The van der Waals surface area contributed by atoms with Gasteiger partial charge in [0.2, 0.25) is 0 Å². The number of carbonyl (C=O) groups excluding carboxylic acids is 1. The normalized spacial score (nSPS) is 13.4. The number of hydrogen-bond donors (Lipinski definition) is 1. The van der Waals surface area contributed by atoms with Gasteiger partial charge in [-0.25, -0.2) is 0 Å². The average Bonchev–Trinajstić information content (AvgIpc) is 2.53. The Hall–Kier alpha value is -1.78. The van der Waals surface area contributed by atoms with Crippen LogP contribution in [0.1, 0.15) is 18.4 Å². The van der Waals surface area contributed by atoms with Crippen LogP contribution >= 0.6 is 11.8 Å². The van der Waals surface area contributed by atoms with Crippen molar-refractivity contribution in [2.45, 2.75) is 30.1 Å². The van der Waals surface area contributed by atoms with E-state index in [9.17, 15) is 31.1 Å². The number of halogens is 6. The molecule has 0 fully saturated rings. The number of rotatable bonds is 7. The lowest BCUT2D eigenvalue weighted by atomic mass is 10.1. The quantitative estimate of drug-likeness (QED) is 0.313. The van der Waals surface area contributed by atoms with Crippen LogP contribution in [0.2, 0.25) is 0 Å². The Kier molecular flexibility index (Phi) is 7.48. The van der Waals surface area contributed by atoms with Crippen molar-refractivity contribution < 1.29 is 40.6 Å². The Labute approximate surface area is 150 Å². The van der Waals surface area contributed by atoms with Gasteiger partial charge in [-0.15, -0.1) is 11.8 Å². The first-order chi connectivity index (χ1) is 11.9. The lowest BCUT2D eigenvalue weighted by Crippen LogP contribution is -2.21. The number of methoxy groups -OCH3 is 2. The van der Waals surface area contributed by atoms with Crippen molar-refractivity contribution in [3.8, 4) is 5.75 Å². The van der Waals surface area contributed by atoms with Crippen LogP contribution in [-0.2, 0) is 15.7 Å². The van der Waals surface area contributed by atoms with Gasteiger partial charge >= 0.3 is 18.3 Å². The Bertz CT molecular complexity index is 633. The van der Waals surface area contributed by atoms with Gasteiger partial charge in [0.05, 0.1) is 25.7 Å². The molecule has 26 heavy (non-hydrogen) atoms. The number of thioether (sulfide) groups is 1. The number of hydrogen-bond acceptors (Lipinski definition) is 5. The highest BCUT2D eigenvalue weighted by molar-refractivity contribution is 7.99. The van der Waals surface area contributed by atoms with Crippen molar-refractivity contribution in [1.82, 2.24) is 0 Å². The summed E-state index contributed by atoms with van der Waals surface area (Å²) in [7, 11) is 2.10. The SMILES string of the molecule is COC(=O)C(CCC(F)(F)F)CSc1cc(OC)c(C(F)(F)F)cc1N. The Morgan fingerprint density at radius 1 is 1.19 bits per heavy atom. The smallest absolute Gasteiger partial charge is 0.420 e. The number of nitrogen functional groups attached to an aromatic ring is 1. The zero-order valence-electron chi connectivity index (χ0n) is 13.8. The van der Waals surface area contributed by atoms with E-state index in [1.165, 1.54) is 0 Å². The topological polar surface area (TPSA) is 61.5 Å². The minimum Gasteiger partial charge on any atom is -0.496 e. The highest BCUT2D eigenvalue weighted by Crippen LogP contribution is 2.41. The fourth-order valence-corrected chi connectivity index (χ4v) is 3.16. The van der Waals surface area contributed by atoms with Gasteiger partial charge in [-0.2, -0.15) is 26.3 Å². The lowest BCUT2D eigenvalue weighted by Gasteiger charge is -2.18. The molecule has 0 radical (unpaired) electrons. The molecular weight excluding hydrogens is 388 g/mol. The summed E-state index contributed by atoms with van der Waals surface area (Å²) in [5.74, 6) is -2.53. The van der Waals surface area contributed by atoms with Gasteiger partial charge in [0.25, 0.3) is 0 Å². The van der Waals surface area contributed by atoms with E-state index in [0.29, 0.717) is 6.07 Å². The summed E-state index contributed by atoms with van der Waals surface area (Å²) < 4.78 is 85.0. The first kappa shape index (κ1) is 22.3. The maximum atomic E-state index is 12.9. The molecule has 11 heteroatoms. The van der Waals surface area contributed by atoms with E-state index in [0.717, 1.165) is 32.0 Å². The van der Waals surface area contributed by atoms with E-state index in [1.807, 2.05) is 0 Å². The summed E-state index contributed by atoms with van der Waals surface area (Å²) in [6.45, 7) is 0. The number of nitrogens with two attached hydrogens (primary N) is 1. The van der Waals surface area contributed by atoms with Gasteiger partial charge in [0.1, 0.15) is 5.75 Å². The molecule has 0 aliphatic heterocycles. The summed E-state index contributed by atoms with van der Waals surface area (Å²) in [5, 5.41) is 0. The second-order valence-electron chi connectivity index (χ2n) is 5.27. The molecule has 0 aliphatic rings. The van der Waals surface area contributed by atoms with Gasteiger partial charge in [-0.1, -0.05) is 0 Å². The molecule has 0 amide bonds. The average molecular weight is 405 g/mol. The third kappa shape index (κ3) is 6.50. The van der Waals surface area contributed by atoms with Crippen molar-refractivity contribution >= 4 is 23.4 Å². The van der Waals surface area contributed by atoms with Crippen LogP contribution in [0.4, 0.5) is 32.0 Å². The highest BCUT2D eigenvalue weighted by Gasteiger charge is 2.35. The molecule has 0 spiro atoms. The largest absolute Gasteiger partial charge is 0.496 e. The number of carbonyl (C=O) groups is 1. The highest BCUT2D eigenvalue weighted by atomic mass is 32.2. The minimum atomic E-state index is -4.68. The van der Waals surface area contributed by atoms with Crippen molar-refractivity contribution in [3.63, 3.8) is 0 Å². The molecule has 0 heterocycles. The zero-order chi connectivity index (χ0) is 20.1. The molecular formula is C15H17F6NO3S. The van der Waals surface area contributed by atoms with Crippen LogP contribution < -0.4 is 10.5 Å². The van der Waals surface area contributed by atoms with Crippen molar-refractivity contribution in [2.75, 3.05) is 25.7 Å². The van der Waals surface area contributed by atoms with Crippen molar-refractivity contribution in [1.29, 1.82) is 0 Å². The van der Waals surface area contributed by atoms with E-state index in [4.69, 9.17) is 10.5 Å². The lowest BCUT2D eigenvalue weighted by molar-refractivity contribution is -0.150. The van der Waals surface area contributed by atoms with Gasteiger partial charge < -0.3 is 15.2 Å². The summed E-state index contributed by atoms with van der Waals surface area (Å²) in [5.41, 5.74) is 4.32. The predicted molar refractivity (Wildman–Crippen MR) is 83.9 cm³/mol. The van der Waals surface area contributed by atoms with Gasteiger partial charge in [-0.05, 0) is 18.6 Å². The van der Waals surface area contributed by atoms with Gasteiger partial charge in [-0.3, -0.25) is 4.79 Å². The molecule has 1 atom stereocenters. The summed E-state index contributed by atoms with van der Waals surface area (Å²) in [6, 6.07) is 1.73. The molecule has 2 N–H and O–H groups in total. The molecule has 1 unspecified atom stereocenters. The maximum absolute atomic E-state index is 12.9. The second kappa shape index (κ2) is 8.74. The van der Waals surface area contributed by atoms with Gasteiger partial charge in [0, 0.05) is 22.8 Å². The summed E-state index contributed by atoms with van der Waals surface area (Å²) in [4.78, 5) is 11.8.